The molecule has 26 heavy (non-hydrogen) atoms. The number of benzene rings is 1. The van der Waals surface area contributed by atoms with Gasteiger partial charge < -0.3 is 19.7 Å². The quantitative estimate of drug-likeness (QED) is 0.415. The molecule has 0 atom stereocenters. The van der Waals surface area contributed by atoms with Crippen molar-refractivity contribution in [2.75, 3.05) is 60.1 Å². The monoisotopic (exact) mass is 362 g/mol. The standard InChI is InChI=1S/C20H34N4O2/c1-4-21-20(22-11-7-8-12-24-13-15-26-16-14-24)23(2)17-18-9-5-6-10-19(18)25-3/h5-6,9-10H,4,7-8,11-17H2,1-3H3,(H,21,22). The zero-order valence-electron chi connectivity index (χ0n) is 16.5. The molecule has 1 heterocycles. The first-order valence-electron chi connectivity index (χ1n) is 9.66. The Bertz CT molecular complexity index is 544. The number of hydrogen-bond acceptors (Lipinski definition) is 4. The lowest BCUT2D eigenvalue weighted by molar-refractivity contribution is 0.0373. The Morgan fingerprint density at radius 1 is 1.27 bits per heavy atom. The van der Waals surface area contributed by atoms with Crippen LogP contribution in [0.1, 0.15) is 25.3 Å². The first kappa shape index (κ1) is 20.5. The highest BCUT2D eigenvalue weighted by Crippen LogP contribution is 2.18. The molecular formula is C20H34N4O2. The lowest BCUT2D eigenvalue weighted by Gasteiger charge is -2.26. The molecule has 1 aromatic carbocycles. The van der Waals surface area contributed by atoms with Crippen LogP contribution in [-0.2, 0) is 11.3 Å². The van der Waals surface area contributed by atoms with Crippen molar-refractivity contribution in [3.05, 3.63) is 29.8 Å². The number of aliphatic imine (C=N–C) groups is 1. The van der Waals surface area contributed by atoms with Crippen molar-refractivity contribution >= 4 is 5.96 Å². The number of nitrogens with one attached hydrogen (secondary N) is 1. The second kappa shape index (κ2) is 11.8. The molecule has 1 aliphatic heterocycles. The van der Waals surface area contributed by atoms with E-state index in [9.17, 15) is 0 Å². The highest BCUT2D eigenvalue weighted by molar-refractivity contribution is 5.79. The maximum Gasteiger partial charge on any atom is 0.193 e. The minimum absolute atomic E-state index is 0.767. The lowest BCUT2D eigenvalue weighted by Crippen LogP contribution is -2.38. The summed E-state index contributed by atoms with van der Waals surface area (Å²) in [6.45, 7) is 9.60. The van der Waals surface area contributed by atoms with E-state index in [4.69, 9.17) is 14.5 Å². The molecule has 0 bridgehead atoms. The Labute approximate surface area is 158 Å². The van der Waals surface area contributed by atoms with Gasteiger partial charge in [-0.05, 0) is 32.4 Å². The van der Waals surface area contributed by atoms with Gasteiger partial charge in [-0.15, -0.1) is 0 Å². The lowest BCUT2D eigenvalue weighted by atomic mass is 10.2. The summed E-state index contributed by atoms with van der Waals surface area (Å²) in [5.41, 5.74) is 1.16. The Kier molecular flexibility index (Phi) is 9.28. The molecule has 0 unspecified atom stereocenters. The Morgan fingerprint density at radius 3 is 2.77 bits per heavy atom. The smallest absolute Gasteiger partial charge is 0.193 e. The molecule has 2 rings (SSSR count). The van der Waals surface area contributed by atoms with E-state index in [0.717, 1.165) is 76.2 Å². The van der Waals surface area contributed by atoms with E-state index in [0.29, 0.717) is 0 Å². The molecule has 0 aromatic heterocycles. The third-order valence-electron chi connectivity index (χ3n) is 4.54. The zero-order valence-corrected chi connectivity index (χ0v) is 16.5. The van der Waals surface area contributed by atoms with Gasteiger partial charge in [-0.2, -0.15) is 0 Å². The minimum atomic E-state index is 0.767. The molecule has 6 nitrogen and oxygen atoms in total. The summed E-state index contributed by atoms with van der Waals surface area (Å²) < 4.78 is 10.8. The van der Waals surface area contributed by atoms with E-state index < -0.39 is 0 Å². The predicted octanol–water partition coefficient (Wildman–Crippen LogP) is 2.20. The van der Waals surface area contributed by atoms with E-state index >= 15 is 0 Å². The fourth-order valence-electron chi connectivity index (χ4n) is 3.09. The Hall–Kier alpha value is -1.79. The third-order valence-corrected chi connectivity index (χ3v) is 4.54. The fraction of sp³-hybridized carbons (Fsp3) is 0.650. The van der Waals surface area contributed by atoms with Crippen molar-refractivity contribution in [2.45, 2.75) is 26.3 Å². The number of hydrogen-bond donors (Lipinski definition) is 1. The second-order valence-corrected chi connectivity index (χ2v) is 6.56. The summed E-state index contributed by atoms with van der Waals surface area (Å²) in [6.07, 6.45) is 2.29. The SMILES string of the molecule is CCNC(=NCCCCN1CCOCC1)N(C)Cc1ccccc1OC. The van der Waals surface area contributed by atoms with Crippen LogP contribution in [0.15, 0.2) is 29.3 Å². The van der Waals surface area contributed by atoms with Crippen LogP contribution >= 0.6 is 0 Å². The maximum absolute atomic E-state index is 5.46. The number of guanidine groups is 1. The molecule has 0 radical (unpaired) electrons. The summed E-state index contributed by atoms with van der Waals surface area (Å²) in [6, 6.07) is 8.14. The van der Waals surface area contributed by atoms with Gasteiger partial charge >= 0.3 is 0 Å². The number of unbranched alkanes of at least 4 members (excludes halogenated alkanes) is 1. The van der Waals surface area contributed by atoms with Crippen LogP contribution in [0.2, 0.25) is 0 Å². The molecular weight excluding hydrogens is 328 g/mol. The highest BCUT2D eigenvalue weighted by atomic mass is 16.5. The van der Waals surface area contributed by atoms with Gasteiger partial charge in [0, 0.05) is 45.3 Å². The van der Waals surface area contributed by atoms with Gasteiger partial charge in [0.1, 0.15) is 5.75 Å². The van der Waals surface area contributed by atoms with Crippen LogP contribution in [0.5, 0.6) is 5.75 Å². The van der Waals surface area contributed by atoms with Crippen LogP contribution in [0.25, 0.3) is 0 Å². The number of morpholine rings is 1. The summed E-state index contributed by atoms with van der Waals surface area (Å²) >= 11 is 0. The second-order valence-electron chi connectivity index (χ2n) is 6.56. The summed E-state index contributed by atoms with van der Waals surface area (Å²) in [4.78, 5) is 9.43. The van der Waals surface area contributed by atoms with Gasteiger partial charge in [0.05, 0.1) is 20.3 Å². The first-order chi connectivity index (χ1) is 12.7. The number of nitrogens with zero attached hydrogens (tertiary/aromatic N) is 3. The number of para-hydroxylation sites is 1. The topological polar surface area (TPSA) is 49.3 Å². The summed E-state index contributed by atoms with van der Waals surface area (Å²) in [7, 11) is 3.79. The summed E-state index contributed by atoms with van der Waals surface area (Å²) in [5.74, 6) is 1.87. The molecule has 6 heteroatoms. The highest BCUT2D eigenvalue weighted by Gasteiger charge is 2.11. The summed E-state index contributed by atoms with van der Waals surface area (Å²) in [5, 5.41) is 3.39. The van der Waals surface area contributed by atoms with E-state index in [1.807, 2.05) is 18.2 Å². The van der Waals surface area contributed by atoms with E-state index in [1.165, 1.54) is 6.42 Å². The maximum atomic E-state index is 5.46. The molecule has 0 aliphatic carbocycles. The van der Waals surface area contributed by atoms with Crippen LogP contribution < -0.4 is 10.1 Å². The normalized spacial score (nSPS) is 15.7. The Morgan fingerprint density at radius 2 is 2.04 bits per heavy atom. The largest absolute Gasteiger partial charge is 0.496 e. The molecule has 1 fully saturated rings. The molecule has 0 spiro atoms. The van der Waals surface area contributed by atoms with Crippen molar-refractivity contribution in [3.63, 3.8) is 0 Å². The van der Waals surface area contributed by atoms with Crippen LogP contribution in [-0.4, -0.2) is 75.9 Å². The Balaban J connectivity index is 1.80. The van der Waals surface area contributed by atoms with Crippen molar-refractivity contribution in [1.82, 2.24) is 15.1 Å². The van der Waals surface area contributed by atoms with Gasteiger partial charge in [-0.25, -0.2) is 0 Å². The fourth-order valence-corrected chi connectivity index (χ4v) is 3.09. The van der Waals surface area contributed by atoms with E-state index in [2.05, 4.69) is 35.2 Å². The minimum Gasteiger partial charge on any atom is -0.496 e. The van der Waals surface area contributed by atoms with Crippen LogP contribution in [0.3, 0.4) is 0 Å². The molecule has 0 saturated carbocycles. The number of ether oxygens (including phenoxy) is 2. The van der Waals surface area contributed by atoms with E-state index in [1.54, 1.807) is 7.11 Å². The zero-order chi connectivity index (χ0) is 18.6. The molecule has 1 N–H and O–H groups in total. The van der Waals surface area contributed by atoms with Crippen molar-refractivity contribution < 1.29 is 9.47 Å². The van der Waals surface area contributed by atoms with Crippen molar-refractivity contribution in [1.29, 1.82) is 0 Å². The van der Waals surface area contributed by atoms with Gasteiger partial charge in [0.15, 0.2) is 5.96 Å². The third kappa shape index (κ3) is 6.84. The number of rotatable bonds is 9. The van der Waals surface area contributed by atoms with Crippen LogP contribution in [0, 0.1) is 0 Å². The molecule has 146 valence electrons. The van der Waals surface area contributed by atoms with Gasteiger partial charge in [0.2, 0.25) is 0 Å². The van der Waals surface area contributed by atoms with Crippen molar-refractivity contribution in [2.24, 2.45) is 4.99 Å². The molecule has 1 aromatic rings. The molecule has 1 aliphatic rings. The van der Waals surface area contributed by atoms with Gasteiger partial charge in [-0.3, -0.25) is 9.89 Å². The van der Waals surface area contributed by atoms with Gasteiger partial charge in [0.25, 0.3) is 0 Å². The van der Waals surface area contributed by atoms with Crippen LogP contribution in [0.4, 0.5) is 0 Å². The molecule has 1 saturated heterocycles. The van der Waals surface area contributed by atoms with E-state index in [-0.39, 0.29) is 0 Å². The predicted molar refractivity (Wildman–Crippen MR) is 107 cm³/mol. The van der Waals surface area contributed by atoms with Gasteiger partial charge in [-0.1, -0.05) is 18.2 Å². The number of methoxy groups -OCH3 is 1. The molecule has 0 amide bonds. The average molecular weight is 363 g/mol. The average Bonchev–Trinajstić information content (AvgIpc) is 2.68. The van der Waals surface area contributed by atoms with Crippen molar-refractivity contribution in [3.8, 4) is 5.75 Å². The first-order valence-corrected chi connectivity index (χ1v) is 9.66.